The molecule has 1 fully saturated rings. The third-order valence-corrected chi connectivity index (χ3v) is 6.82. The molecule has 0 aromatic heterocycles. The largest absolute Gasteiger partial charge is 0.487 e. The number of amides is 2. The van der Waals surface area contributed by atoms with Crippen LogP contribution in [0.15, 0.2) is 54.6 Å². The van der Waals surface area contributed by atoms with E-state index < -0.39 is 0 Å². The van der Waals surface area contributed by atoms with Gasteiger partial charge in [-0.1, -0.05) is 36.4 Å². The molecule has 0 aliphatic carbocycles. The third kappa shape index (κ3) is 4.46. The molecule has 0 N–H and O–H groups in total. The number of nitrogens with zero attached hydrogens (tertiary/aromatic N) is 2. The molecule has 0 bridgehead atoms. The summed E-state index contributed by atoms with van der Waals surface area (Å²) in [5, 5.41) is 0. The van der Waals surface area contributed by atoms with Crippen molar-refractivity contribution in [1.82, 2.24) is 9.80 Å². The SMILES string of the molecule is CCN(CC)C(=O)CC1CC2(CCN(C(=O)c3ccccc3)CC2)Oc2ccccc21. The van der Waals surface area contributed by atoms with Gasteiger partial charge in [0.2, 0.25) is 5.91 Å². The summed E-state index contributed by atoms with van der Waals surface area (Å²) in [7, 11) is 0. The van der Waals surface area contributed by atoms with Crippen LogP contribution < -0.4 is 4.74 Å². The minimum Gasteiger partial charge on any atom is -0.487 e. The highest BCUT2D eigenvalue weighted by atomic mass is 16.5. The van der Waals surface area contributed by atoms with Gasteiger partial charge in [-0.05, 0) is 44.0 Å². The first-order valence-corrected chi connectivity index (χ1v) is 11.5. The Morgan fingerprint density at radius 3 is 2.32 bits per heavy atom. The zero-order chi connectivity index (χ0) is 21.8. The maximum absolute atomic E-state index is 12.9. The second-order valence-electron chi connectivity index (χ2n) is 8.65. The predicted octanol–water partition coefficient (Wildman–Crippen LogP) is 4.49. The highest BCUT2D eigenvalue weighted by Crippen LogP contribution is 2.46. The van der Waals surface area contributed by atoms with Gasteiger partial charge in [0.1, 0.15) is 11.4 Å². The molecule has 2 amide bonds. The number of hydrogen-bond donors (Lipinski definition) is 0. The number of fused-ring (bicyclic) bond motifs is 1. The third-order valence-electron chi connectivity index (χ3n) is 6.82. The number of piperidine rings is 1. The normalized spacial score (nSPS) is 19.4. The summed E-state index contributed by atoms with van der Waals surface area (Å²) >= 11 is 0. The summed E-state index contributed by atoms with van der Waals surface area (Å²) in [4.78, 5) is 29.6. The molecule has 1 saturated heterocycles. The standard InChI is InChI=1S/C26H32N2O3/c1-3-27(4-2)24(29)18-21-19-26(31-23-13-9-8-12-22(21)23)14-16-28(17-15-26)25(30)20-10-6-5-7-11-20/h5-13,21H,3-4,14-19H2,1-2H3. The summed E-state index contributed by atoms with van der Waals surface area (Å²) in [6, 6.07) is 17.6. The summed E-state index contributed by atoms with van der Waals surface area (Å²) in [6.07, 6.45) is 2.91. The number of likely N-dealkylation sites (tertiary alicyclic amines) is 1. The number of rotatable bonds is 5. The molecule has 1 atom stereocenters. The Balaban J connectivity index is 1.50. The molecule has 1 unspecified atom stereocenters. The van der Waals surface area contributed by atoms with Crippen molar-refractivity contribution in [1.29, 1.82) is 0 Å². The molecule has 2 aromatic rings. The van der Waals surface area contributed by atoms with Crippen LogP contribution in [0, 0.1) is 0 Å². The molecule has 2 aromatic carbocycles. The van der Waals surface area contributed by atoms with E-state index in [0.29, 0.717) is 19.5 Å². The van der Waals surface area contributed by atoms with Crippen molar-refractivity contribution in [2.24, 2.45) is 0 Å². The zero-order valence-electron chi connectivity index (χ0n) is 18.5. The average Bonchev–Trinajstić information content (AvgIpc) is 2.80. The van der Waals surface area contributed by atoms with Gasteiger partial charge < -0.3 is 14.5 Å². The van der Waals surface area contributed by atoms with E-state index in [1.165, 1.54) is 0 Å². The maximum Gasteiger partial charge on any atom is 0.253 e. The van der Waals surface area contributed by atoms with E-state index in [9.17, 15) is 9.59 Å². The fraction of sp³-hybridized carbons (Fsp3) is 0.462. The van der Waals surface area contributed by atoms with E-state index in [-0.39, 0.29) is 23.3 Å². The molecular weight excluding hydrogens is 388 g/mol. The fourth-order valence-corrected chi connectivity index (χ4v) is 5.03. The first kappa shape index (κ1) is 21.4. The molecular formula is C26H32N2O3. The molecule has 2 heterocycles. The number of carbonyl (C=O) groups excluding carboxylic acids is 2. The molecule has 2 aliphatic rings. The van der Waals surface area contributed by atoms with Gasteiger partial charge in [0.15, 0.2) is 0 Å². The van der Waals surface area contributed by atoms with Crippen LogP contribution in [-0.4, -0.2) is 53.4 Å². The molecule has 31 heavy (non-hydrogen) atoms. The molecule has 0 saturated carbocycles. The topological polar surface area (TPSA) is 49.9 Å². The minimum absolute atomic E-state index is 0.0833. The molecule has 5 nitrogen and oxygen atoms in total. The van der Waals surface area contributed by atoms with Crippen LogP contribution in [0.3, 0.4) is 0 Å². The van der Waals surface area contributed by atoms with Crippen LogP contribution in [0.1, 0.15) is 61.4 Å². The van der Waals surface area contributed by atoms with Crippen LogP contribution in [0.4, 0.5) is 0 Å². The van der Waals surface area contributed by atoms with Crippen molar-refractivity contribution in [2.75, 3.05) is 26.2 Å². The predicted molar refractivity (Wildman–Crippen MR) is 121 cm³/mol. The minimum atomic E-state index is -0.309. The van der Waals surface area contributed by atoms with Crippen LogP contribution in [-0.2, 0) is 4.79 Å². The Morgan fingerprint density at radius 1 is 1.00 bits per heavy atom. The number of carbonyl (C=O) groups is 2. The first-order valence-electron chi connectivity index (χ1n) is 11.5. The van der Waals surface area contributed by atoms with Crippen LogP contribution >= 0.6 is 0 Å². The number of hydrogen-bond acceptors (Lipinski definition) is 3. The lowest BCUT2D eigenvalue weighted by Crippen LogP contribution is -2.52. The molecule has 0 radical (unpaired) electrons. The smallest absolute Gasteiger partial charge is 0.253 e. The van der Waals surface area contributed by atoms with E-state index in [4.69, 9.17) is 4.74 Å². The van der Waals surface area contributed by atoms with Gasteiger partial charge in [0.25, 0.3) is 5.91 Å². The molecule has 164 valence electrons. The second kappa shape index (κ2) is 9.13. The molecule has 2 aliphatic heterocycles. The first-order chi connectivity index (χ1) is 15.0. The number of ether oxygens (including phenoxy) is 1. The number of benzene rings is 2. The van der Waals surface area contributed by atoms with Crippen molar-refractivity contribution in [3.05, 3.63) is 65.7 Å². The van der Waals surface area contributed by atoms with E-state index >= 15 is 0 Å². The van der Waals surface area contributed by atoms with Gasteiger partial charge in [0.05, 0.1) is 0 Å². The summed E-state index contributed by atoms with van der Waals surface area (Å²) in [5.41, 5.74) is 1.56. The van der Waals surface area contributed by atoms with Gasteiger partial charge in [-0.25, -0.2) is 0 Å². The molecule has 1 spiro atoms. The van der Waals surface area contributed by atoms with E-state index in [0.717, 1.165) is 49.2 Å². The summed E-state index contributed by atoms with van der Waals surface area (Å²) in [5.74, 6) is 1.34. The van der Waals surface area contributed by atoms with Gasteiger partial charge >= 0.3 is 0 Å². The van der Waals surface area contributed by atoms with Crippen molar-refractivity contribution in [3.63, 3.8) is 0 Å². The van der Waals surface area contributed by atoms with Gasteiger partial charge in [-0.15, -0.1) is 0 Å². The van der Waals surface area contributed by atoms with Gasteiger partial charge in [-0.3, -0.25) is 9.59 Å². The van der Waals surface area contributed by atoms with E-state index in [1.807, 2.05) is 72.2 Å². The summed E-state index contributed by atoms with van der Waals surface area (Å²) < 4.78 is 6.56. The maximum atomic E-state index is 12.9. The zero-order valence-corrected chi connectivity index (χ0v) is 18.5. The lowest BCUT2D eigenvalue weighted by atomic mass is 9.76. The van der Waals surface area contributed by atoms with Crippen LogP contribution in [0.5, 0.6) is 5.75 Å². The molecule has 5 heteroatoms. The van der Waals surface area contributed by atoms with E-state index in [1.54, 1.807) is 0 Å². The van der Waals surface area contributed by atoms with Crippen LogP contribution in [0.25, 0.3) is 0 Å². The highest BCUT2D eigenvalue weighted by Gasteiger charge is 2.44. The Morgan fingerprint density at radius 2 is 1.65 bits per heavy atom. The monoisotopic (exact) mass is 420 g/mol. The Hall–Kier alpha value is -2.82. The van der Waals surface area contributed by atoms with Gasteiger partial charge in [0, 0.05) is 56.9 Å². The van der Waals surface area contributed by atoms with Crippen molar-refractivity contribution in [2.45, 2.75) is 51.0 Å². The van der Waals surface area contributed by atoms with Crippen molar-refractivity contribution < 1.29 is 14.3 Å². The lowest BCUT2D eigenvalue weighted by Gasteiger charge is -2.47. The van der Waals surface area contributed by atoms with Crippen LogP contribution in [0.2, 0.25) is 0 Å². The quantitative estimate of drug-likeness (QED) is 0.716. The van der Waals surface area contributed by atoms with Crippen molar-refractivity contribution >= 4 is 11.8 Å². The van der Waals surface area contributed by atoms with Gasteiger partial charge in [-0.2, -0.15) is 0 Å². The Kier molecular flexibility index (Phi) is 6.30. The summed E-state index contributed by atoms with van der Waals surface area (Å²) in [6.45, 7) is 6.88. The van der Waals surface area contributed by atoms with Crippen molar-refractivity contribution in [3.8, 4) is 5.75 Å². The van der Waals surface area contributed by atoms with E-state index in [2.05, 4.69) is 6.07 Å². The number of para-hydroxylation sites is 1. The lowest BCUT2D eigenvalue weighted by molar-refractivity contribution is -0.131. The molecule has 4 rings (SSSR count). The Labute approximate surface area is 185 Å². The average molecular weight is 421 g/mol. The second-order valence-corrected chi connectivity index (χ2v) is 8.65. The Bertz CT molecular complexity index is 915. The highest BCUT2D eigenvalue weighted by molar-refractivity contribution is 5.94. The fourth-order valence-electron chi connectivity index (χ4n) is 5.03.